The van der Waals surface area contributed by atoms with Crippen molar-refractivity contribution in [1.29, 1.82) is 0 Å². The molecule has 0 saturated carbocycles. The lowest BCUT2D eigenvalue weighted by Crippen LogP contribution is -2.19. The zero-order valence-corrected chi connectivity index (χ0v) is 14.9. The highest BCUT2D eigenvalue weighted by Gasteiger charge is 2.24. The molecule has 26 heavy (non-hydrogen) atoms. The van der Waals surface area contributed by atoms with Crippen LogP contribution in [0.2, 0.25) is 0 Å². The molecule has 0 radical (unpaired) electrons. The number of amidine groups is 1. The average molecular weight is 360 g/mol. The van der Waals surface area contributed by atoms with Crippen molar-refractivity contribution in [3.05, 3.63) is 83.0 Å². The van der Waals surface area contributed by atoms with Gasteiger partial charge in [-0.05, 0) is 48.5 Å². The van der Waals surface area contributed by atoms with Crippen LogP contribution < -0.4 is 5.32 Å². The van der Waals surface area contributed by atoms with E-state index in [4.69, 9.17) is 0 Å². The molecular weight excluding hydrogens is 344 g/mol. The van der Waals surface area contributed by atoms with Gasteiger partial charge in [-0.1, -0.05) is 36.4 Å². The number of aromatic nitrogens is 2. The molecule has 0 unspecified atom stereocenters. The van der Waals surface area contributed by atoms with E-state index in [0.717, 1.165) is 22.5 Å². The van der Waals surface area contributed by atoms with Crippen LogP contribution in [0.1, 0.15) is 11.1 Å². The lowest BCUT2D eigenvalue weighted by molar-refractivity contribution is -0.115. The van der Waals surface area contributed by atoms with Gasteiger partial charge in [-0.3, -0.25) is 4.79 Å². The van der Waals surface area contributed by atoms with Gasteiger partial charge < -0.3 is 5.32 Å². The number of benzene rings is 2. The van der Waals surface area contributed by atoms with E-state index in [-0.39, 0.29) is 5.91 Å². The maximum atomic E-state index is 12.2. The lowest BCUT2D eigenvalue weighted by atomic mass is 10.2. The van der Waals surface area contributed by atoms with Crippen LogP contribution in [0.5, 0.6) is 0 Å². The number of rotatable bonds is 3. The summed E-state index contributed by atoms with van der Waals surface area (Å²) in [5.41, 5.74) is 3.76. The highest BCUT2D eigenvalue weighted by molar-refractivity contribution is 8.18. The average Bonchev–Trinajstić information content (AvgIpc) is 3.25. The van der Waals surface area contributed by atoms with E-state index in [2.05, 4.69) is 15.4 Å². The Morgan fingerprint density at radius 3 is 2.69 bits per heavy atom. The summed E-state index contributed by atoms with van der Waals surface area (Å²) in [5, 5.41) is 7.76. The van der Waals surface area contributed by atoms with Crippen LogP contribution in [-0.4, -0.2) is 20.9 Å². The van der Waals surface area contributed by atoms with Gasteiger partial charge in [0.15, 0.2) is 5.17 Å². The maximum absolute atomic E-state index is 12.2. The summed E-state index contributed by atoms with van der Waals surface area (Å²) >= 11 is 1.34. The third kappa shape index (κ3) is 3.45. The Labute approximate surface area is 155 Å². The Balaban J connectivity index is 1.56. The standard InChI is InChI=1S/C20H16N4OS/c1-14-7-5-6-10-17(14)22-20-23-19(25)18(26-20)11-15-12-21-24(13-15)16-8-3-2-4-9-16/h2-13H,1H3,(H,22,23,25). The van der Waals surface area contributed by atoms with E-state index in [1.807, 2.05) is 73.8 Å². The van der Waals surface area contributed by atoms with Crippen LogP contribution in [0.4, 0.5) is 5.69 Å². The molecule has 1 aromatic heterocycles. The number of para-hydroxylation sites is 2. The first kappa shape index (κ1) is 16.4. The highest BCUT2D eigenvalue weighted by atomic mass is 32.2. The van der Waals surface area contributed by atoms with Gasteiger partial charge in [0.25, 0.3) is 5.91 Å². The highest BCUT2D eigenvalue weighted by Crippen LogP contribution is 2.29. The van der Waals surface area contributed by atoms with Gasteiger partial charge in [0.2, 0.25) is 0 Å². The molecule has 1 aliphatic rings. The molecule has 0 aliphatic carbocycles. The number of thioether (sulfide) groups is 1. The van der Waals surface area contributed by atoms with Gasteiger partial charge >= 0.3 is 0 Å². The number of amides is 1. The van der Waals surface area contributed by atoms with Crippen molar-refractivity contribution in [3.8, 4) is 5.69 Å². The number of hydrogen-bond donors (Lipinski definition) is 1. The summed E-state index contributed by atoms with van der Waals surface area (Å²) in [5.74, 6) is -0.144. The summed E-state index contributed by atoms with van der Waals surface area (Å²) in [7, 11) is 0. The van der Waals surface area contributed by atoms with Crippen LogP contribution in [0.3, 0.4) is 0 Å². The molecule has 1 saturated heterocycles. The second-order valence-corrected chi connectivity index (χ2v) is 6.85. The fourth-order valence-electron chi connectivity index (χ4n) is 2.56. The lowest BCUT2D eigenvalue weighted by Gasteiger charge is -1.99. The Bertz CT molecular complexity index is 1020. The molecule has 0 atom stereocenters. The van der Waals surface area contributed by atoms with Gasteiger partial charge in [0.05, 0.1) is 22.5 Å². The van der Waals surface area contributed by atoms with Gasteiger partial charge in [-0.25, -0.2) is 9.67 Å². The van der Waals surface area contributed by atoms with E-state index >= 15 is 0 Å². The van der Waals surface area contributed by atoms with Crippen molar-refractivity contribution in [2.24, 2.45) is 4.99 Å². The van der Waals surface area contributed by atoms with Crippen molar-refractivity contribution in [2.75, 3.05) is 0 Å². The molecule has 0 bridgehead atoms. The minimum absolute atomic E-state index is 0.144. The van der Waals surface area contributed by atoms with Crippen molar-refractivity contribution in [1.82, 2.24) is 15.1 Å². The van der Waals surface area contributed by atoms with E-state index in [0.29, 0.717) is 10.1 Å². The largest absolute Gasteiger partial charge is 0.300 e. The fraction of sp³-hybridized carbons (Fsp3) is 0.0500. The van der Waals surface area contributed by atoms with E-state index in [9.17, 15) is 4.79 Å². The molecule has 5 nitrogen and oxygen atoms in total. The topological polar surface area (TPSA) is 59.3 Å². The molecule has 3 aromatic rings. The summed E-state index contributed by atoms with van der Waals surface area (Å²) in [6, 6.07) is 17.7. The molecule has 2 heterocycles. The monoisotopic (exact) mass is 360 g/mol. The molecule has 2 aromatic carbocycles. The minimum atomic E-state index is -0.144. The van der Waals surface area contributed by atoms with Gasteiger partial charge in [0, 0.05) is 11.8 Å². The quantitative estimate of drug-likeness (QED) is 0.716. The second-order valence-electron chi connectivity index (χ2n) is 5.82. The third-order valence-electron chi connectivity index (χ3n) is 3.91. The summed E-state index contributed by atoms with van der Waals surface area (Å²) < 4.78 is 1.78. The van der Waals surface area contributed by atoms with Gasteiger partial charge in [-0.2, -0.15) is 5.10 Å². The molecule has 1 aliphatic heterocycles. The number of aryl methyl sites for hydroxylation is 1. The van der Waals surface area contributed by atoms with Crippen LogP contribution in [0, 0.1) is 6.92 Å². The number of nitrogens with zero attached hydrogens (tertiary/aromatic N) is 3. The summed E-state index contributed by atoms with van der Waals surface area (Å²) in [6.07, 6.45) is 5.46. The van der Waals surface area contributed by atoms with Gasteiger partial charge in [-0.15, -0.1) is 0 Å². The second kappa shape index (κ2) is 7.01. The zero-order chi connectivity index (χ0) is 17.9. The Morgan fingerprint density at radius 1 is 1.12 bits per heavy atom. The van der Waals surface area contributed by atoms with Crippen molar-refractivity contribution < 1.29 is 4.79 Å². The molecule has 4 rings (SSSR count). The molecule has 1 amide bonds. The van der Waals surface area contributed by atoms with Gasteiger partial charge in [0.1, 0.15) is 0 Å². The van der Waals surface area contributed by atoms with Crippen LogP contribution in [0.15, 0.2) is 76.9 Å². The molecule has 0 spiro atoms. The maximum Gasteiger partial charge on any atom is 0.264 e. The Kier molecular flexibility index (Phi) is 4.41. The molecule has 6 heteroatoms. The van der Waals surface area contributed by atoms with E-state index in [1.165, 1.54) is 11.8 Å². The Morgan fingerprint density at radius 2 is 1.88 bits per heavy atom. The predicted molar refractivity (Wildman–Crippen MR) is 106 cm³/mol. The number of nitrogens with one attached hydrogen (secondary N) is 1. The number of carbonyl (C=O) groups is 1. The third-order valence-corrected chi connectivity index (χ3v) is 4.82. The van der Waals surface area contributed by atoms with Crippen molar-refractivity contribution in [3.63, 3.8) is 0 Å². The van der Waals surface area contributed by atoms with Crippen molar-refractivity contribution >= 4 is 34.6 Å². The summed E-state index contributed by atoms with van der Waals surface area (Å²) in [6.45, 7) is 2.00. The minimum Gasteiger partial charge on any atom is -0.300 e. The zero-order valence-electron chi connectivity index (χ0n) is 14.1. The fourth-order valence-corrected chi connectivity index (χ4v) is 3.40. The first-order chi connectivity index (χ1) is 12.7. The smallest absolute Gasteiger partial charge is 0.264 e. The predicted octanol–water partition coefficient (Wildman–Crippen LogP) is 4.07. The summed E-state index contributed by atoms with van der Waals surface area (Å²) in [4.78, 5) is 17.4. The van der Waals surface area contributed by atoms with Crippen LogP contribution in [-0.2, 0) is 4.79 Å². The first-order valence-electron chi connectivity index (χ1n) is 8.14. The van der Waals surface area contributed by atoms with Crippen LogP contribution in [0.25, 0.3) is 11.8 Å². The Hall–Kier alpha value is -3.12. The normalized spacial score (nSPS) is 17.0. The first-order valence-corrected chi connectivity index (χ1v) is 8.96. The van der Waals surface area contributed by atoms with E-state index < -0.39 is 0 Å². The molecule has 128 valence electrons. The van der Waals surface area contributed by atoms with E-state index in [1.54, 1.807) is 10.9 Å². The molecular formula is C20H16N4OS. The number of carbonyl (C=O) groups excluding carboxylic acids is 1. The number of aliphatic imine (C=N–C) groups is 1. The number of hydrogen-bond acceptors (Lipinski definition) is 4. The molecule has 1 fully saturated rings. The van der Waals surface area contributed by atoms with Crippen molar-refractivity contribution in [2.45, 2.75) is 6.92 Å². The van der Waals surface area contributed by atoms with Crippen LogP contribution >= 0.6 is 11.8 Å². The SMILES string of the molecule is Cc1ccccc1N=C1NC(=O)C(=Cc2cnn(-c3ccccc3)c2)S1. The molecule has 1 N–H and O–H groups in total.